The van der Waals surface area contributed by atoms with E-state index in [-0.39, 0.29) is 11.8 Å². The van der Waals surface area contributed by atoms with Gasteiger partial charge in [-0.2, -0.15) is 0 Å². The van der Waals surface area contributed by atoms with Gasteiger partial charge >= 0.3 is 0 Å². The molecule has 15 heavy (non-hydrogen) atoms. The van der Waals surface area contributed by atoms with Crippen molar-refractivity contribution >= 4 is 12.2 Å². The minimum Gasteiger partial charge on any atom is -0.359 e. The van der Waals surface area contributed by atoms with E-state index in [4.69, 9.17) is 0 Å². The van der Waals surface area contributed by atoms with Crippen LogP contribution in [0.1, 0.15) is 26.7 Å². The molecule has 4 heteroatoms. The van der Waals surface area contributed by atoms with Crippen molar-refractivity contribution in [3.8, 4) is 0 Å². The molecule has 1 atom stereocenters. The number of amides is 1. The number of piperidine rings is 1. The van der Waals surface area contributed by atoms with Crippen molar-refractivity contribution in [2.24, 2.45) is 5.92 Å². The van der Waals surface area contributed by atoms with E-state index in [2.05, 4.69) is 10.2 Å². The molecule has 0 saturated carbocycles. The predicted molar refractivity (Wildman–Crippen MR) is 58.5 cm³/mol. The zero-order valence-corrected chi connectivity index (χ0v) is 9.75. The second kappa shape index (κ2) is 4.75. The molecule has 0 bridgehead atoms. The fraction of sp³-hybridized carbons (Fsp3) is 0.818. The molecular formula is C11H20N2O2. The summed E-state index contributed by atoms with van der Waals surface area (Å²) in [7, 11) is 1.66. The van der Waals surface area contributed by atoms with Crippen LogP contribution < -0.4 is 5.32 Å². The molecule has 86 valence electrons. The molecular weight excluding hydrogens is 192 g/mol. The van der Waals surface area contributed by atoms with E-state index in [1.165, 1.54) is 0 Å². The van der Waals surface area contributed by atoms with Crippen LogP contribution in [0.3, 0.4) is 0 Å². The molecule has 1 saturated heterocycles. The number of likely N-dealkylation sites (tertiary alicyclic amines) is 1. The summed E-state index contributed by atoms with van der Waals surface area (Å²) in [4.78, 5) is 24.5. The Hall–Kier alpha value is -0.900. The van der Waals surface area contributed by atoms with Gasteiger partial charge in [0.05, 0.1) is 11.5 Å². The number of nitrogens with one attached hydrogen (secondary N) is 1. The molecule has 1 N–H and O–H groups in total. The summed E-state index contributed by atoms with van der Waals surface area (Å²) in [6.45, 7) is 5.38. The Kier molecular flexibility index (Phi) is 3.85. The van der Waals surface area contributed by atoms with Crippen molar-refractivity contribution in [3.05, 3.63) is 0 Å². The Bertz CT molecular complexity index is 251. The summed E-state index contributed by atoms with van der Waals surface area (Å²) in [6.07, 6.45) is 2.86. The number of carbonyl (C=O) groups excluding carboxylic acids is 2. The van der Waals surface area contributed by atoms with Gasteiger partial charge in [-0.05, 0) is 33.2 Å². The number of rotatable bonds is 3. The van der Waals surface area contributed by atoms with E-state index in [0.29, 0.717) is 6.54 Å². The normalized spacial score (nSPS) is 23.5. The first-order valence-electron chi connectivity index (χ1n) is 5.44. The van der Waals surface area contributed by atoms with E-state index >= 15 is 0 Å². The maximum atomic E-state index is 11.5. The lowest BCUT2D eigenvalue weighted by Crippen LogP contribution is -2.52. The molecule has 0 aromatic heterocycles. The van der Waals surface area contributed by atoms with Crippen molar-refractivity contribution in [2.75, 3.05) is 20.1 Å². The summed E-state index contributed by atoms with van der Waals surface area (Å²) >= 11 is 0. The minimum absolute atomic E-state index is 0.0305. The number of hydrogen-bond acceptors (Lipinski definition) is 3. The van der Waals surface area contributed by atoms with Crippen LogP contribution in [-0.2, 0) is 9.59 Å². The highest BCUT2D eigenvalue weighted by Gasteiger charge is 2.33. The molecule has 0 spiro atoms. The molecule has 1 fully saturated rings. The molecule has 1 aliphatic heterocycles. The third kappa shape index (κ3) is 2.78. The number of aldehydes is 1. The Morgan fingerprint density at radius 3 is 2.73 bits per heavy atom. The van der Waals surface area contributed by atoms with Crippen molar-refractivity contribution in [1.29, 1.82) is 0 Å². The summed E-state index contributed by atoms with van der Waals surface area (Å²) in [6, 6.07) is 0. The average Bonchev–Trinajstić information content (AvgIpc) is 2.28. The van der Waals surface area contributed by atoms with Crippen LogP contribution in [0.4, 0.5) is 0 Å². The van der Waals surface area contributed by atoms with Crippen LogP contribution in [0, 0.1) is 5.92 Å². The SMILES string of the molecule is CNC(=O)C1CCCN(C(C)(C)C=O)C1. The van der Waals surface area contributed by atoms with Gasteiger partial charge in [0.2, 0.25) is 5.91 Å². The lowest BCUT2D eigenvalue weighted by molar-refractivity contribution is -0.129. The summed E-state index contributed by atoms with van der Waals surface area (Å²) < 4.78 is 0. The largest absolute Gasteiger partial charge is 0.359 e. The summed E-state index contributed by atoms with van der Waals surface area (Å²) in [5.41, 5.74) is -0.452. The van der Waals surface area contributed by atoms with E-state index in [0.717, 1.165) is 25.7 Å². The van der Waals surface area contributed by atoms with Gasteiger partial charge in [0, 0.05) is 13.6 Å². The van der Waals surface area contributed by atoms with Crippen molar-refractivity contribution in [3.63, 3.8) is 0 Å². The quantitative estimate of drug-likeness (QED) is 0.690. The van der Waals surface area contributed by atoms with Gasteiger partial charge in [0.25, 0.3) is 0 Å². The molecule has 1 aliphatic rings. The van der Waals surface area contributed by atoms with E-state index < -0.39 is 5.54 Å². The van der Waals surface area contributed by atoms with Crippen LogP contribution in [-0.4, -0.2) is 42.8 Å². The Labute approximate surface area is 91.0 Å². The van der Waals surface area contributed by atoms with E-state index in [1.54, 1.807) is 7.05 Å². The molecule has 1 rings (SSSR count). The standard InChI is InChI=1S/C11H20N2O2/c1-11(2,8-14)13-6-4-5-9(7-13)10(15)12-3/h8-9H,4-7H2,1-3H3,(H,12,15). The molecule has 1 heterocycles. The third-order valence-electron chi connectivity index (χ3n) is 3.14. The first-order valence-corrected chi connectivity index (χ1v) is 5.44. The Balaban J connectivity index is 2.64. The van der Waals surface area contributed by atoms with E-state index in [1.807, 2.05) is 13.8 Å². The number of carbonyl (C=O) groups is 2. The van der Waals surface area contributed by atoms with Crippen LogP contribution in [0.2, 0.25) is 0 Å². The van der Waals surface area contributed by atoms with Crippen LogP contribution in [0.5, 0.6) is 0 Å². The number of nitrogens with zero attached hydrogens (tertiary/aromatic N) is 1. The topological polar surface area (TPSA) is 49.4 Å². The van der Waals surface area contributed by atoms with Gasteiger partial charge in [0.1, 0.15) is 6.29 Å². The maximum Gasteiger partial charge on any atom is 0.224 e. The molecule has 0 aromatic rings. The molecule has 4 nitrogen and oxygen atoms in total. The minimum atomic E-state index is -0.452. The third-order valence-corrected chi connectivity index (χ3v) is 3.14. The molecule has 1 amide bonds. The Morgan fingerprint density at radius 1 is 1.53 bits per heavy atom. The highest BCUT2D eigenvalue weighted by atomic mass is 16.1. The highest BCUT2D eigenvalue weighted by molar-refractivity contribution is 5.78. The summed E-state index contributed by atoms with van der Waals surface area (Å²) in [5, 5.41) is 2.67. The van der Waals surface area contributed by atoms with Gasteiger partial charge in [-0.15, -0.1) is 0 Å². The first-order chi connectivity index (χ1) is 7.01. The second-order valence-corrected chi connectivity index (χ2v) is 4.67. The highest BCUT2D eigenvalue weighted by Crippen LogP contribution is 2.22. The zero-order valence-electron chi connectivity index (χ0n) is 9.75. The van der Waals surface area contributed by atoms with E-state index in [9.17, 15) is 9.59 Å². The van der Waals surface area contributed by atoms with Gasteiger partial charge in [0.15, 0.2) is 0 Å². The Morgan fingerprint density at radius 2 is 2.20 bits per heavy atom. The summed E-state index contributed by atoms with van der Waals surface area (Å²) in [5.74, 6) is 0.115. The van der Waals surface area contributed by atoms with Crippen molar-refractivity contribution in [1.82, 2.24) is 10.2 Å². The molecule has 1 unspecified atom stereocenters. The van der Waals surface area contributed by atoms with Crippen LogP contribution >= 0.6 is 0 Å². The monoisotopic (exact) mass is 212 g/mol. The van der Waals surface area contributed by atoms with Crippen molar-refractivity contribution < 1.29 is 9.59 Å². The van der Waals surface area contributed by atoms with Gasteiger partial charge in [-0.3, -0.25) is 9.69 Å². The van der Waals surface area contributed by atoms with Crippen LogP contribution in [0.25, 0.3) is 0 Å². The fourth-order valence-corrected chi connectivity index (χ4v) is 1.99. The predicted octanol–water partition coefficient (Wildman–Crippen LogP) is 0.422. The zero-order chi connectivity index (χ0) is 11.5. The van der Waals surface area contributed by atoms with Gasteiger partial charge in [-0.1, -0.05) is 0 Å². The molecule has 0 aliphatic carbocycles. The smallest absolute Gasteiger partial charge is 0.224 e. The number of hydrogen-bond donors (Lipinski definition) is 1. The fourth-order valence-electron chi connectivity index (χ4n) is 1.99. The maximum absolute atomic E-state index is 11.5. The van der Waals surface area contributed by atoms with Crippen LogP contribution in [0.15, 0.2) is 0 Å². The molecule has 0 radical (unpaired) electrons. The second-order valence-electron chi connectivity index (χ2n) is 4.67. The average molecular weight is 212 g/mol. The van der Waals surface area contributed by atoms with Crippen molar-refractivity contribution in [2.45, 2.75) is 32.2 Å². The lowest BCUT2D eigenvalue weighted by atomic mass is 9.92. The van der Waals surface area contributed by atoms with Gasteiger partial charge in [-0.25, -0.2) is 0 Å². The lowest BCUT2D eigenvalue weighted by Gasteiger charge is -2.39. The molecule has 0 aromatic carbocycles. The van der Waals surface area contributed by atoms with Gasteiger partial charge < -0.3 is 10.1 Å². The first kappa shape index (κ1) is 12.2.